The van der Waals surface area contributed by atoms with Crippen molar-refractivity contribution in [3.05, 3.63) is 59.2 Å². The maximum atomic E-state index is 12.3. The van der Waals surface area contributed by atoms with Crippen LogP contribution in [0.2, 0.25) is 0 Å². The van der Waals surface area contributed by atoms with Gasteiger partial charge in [-0.1, -0.05) is 19.4 Å². The highest BCUT2D eigenvalue weighted by Gasteiger charge is 2.10. The van der Waals surface area contributed by atoms with E-state index in [0.717, 1.165) is 18.4 Å². The van der Waals surface area contributed by atoms with Crippen molar-refractivity contribution in [2.24, 2.45) is 0 Å². The van der Waals surface area contributed by atoms with Gasteiger partial charge in [0.2, 0.25) is 0 Å². The average molecular weight is 370 g/mol. The number of carbonyl (C=O) groups is 2. The third kappa shape index (κ3) is 5.74. The topological polar surface area (TPSA) is 76.7 Å². The average Bonchev–Trinajstić information content (AvgIpc) is 2.71. The first kappa shape index (κ1) is 20.3. The molecule has 0 fully saturated rings. The van der Waals surface area contributed by atoms with Crippen molar-refractivity contribution in [1.82, 2.24) is 10.6 Å². The number of methoxy groups -OCH3 is 2. The molecule has 0 saturated carbocycles. The smallest absolute Gasteiger partial charge is 0.251 e. The first-order valence-electron chi connectivity index (χ1n) is 8.96. The van der Waals surface area contributed by atoms with Gasteiger partial charge in [0.1, 0.15) is 0 Å². The molecule has 2 aromatic carbocycles. The zero-order valence-electron chi connectivity index (χ0n) is 16.0. The van der Waals surface area contributed by atoms with E-state index in [1.54, 1.807) is 44.6 Å². The first-order valence-corrected chi connectivity index (χ1v) is 8.96. The SMILES string of the molecule is CCCCNC(=O)c1ccc(C(=O)NCc2ccc(OC)c(OC)c2)cc1. The number of ether oxygens (including phenoxy) is 2. The summed E-state index contributed by atoms with van der Waals surface area (Å²) in [5.74, 6) is 0.923. The Morgan fingerprint density at radius 1 is 0.852 bits per heavy atom. The monoisotopic (exact) mass is 370 g/mol. The number of rotatable bonds is 9. The van der Waals surface area contributed by atoms with Gasteiger partial charge >= 0.3 is 0 Å². The molecule has 144 valence electrons. The van der Waals surface area contributed by atoms with Gasteiger partial charge in [-0.05, 0) is 48.4 Å². The van der Waals surface area contributed by atoms with Gasteiger partial charge in [0.15, 0.2) is 11.5 Å². The van der Waals surface area contributed by atoms with Crippen molar-refractivity contribution in [1.29, 1.82) is 0 Å². The molecule has 6 heteroatoms. The number of benzene rings is 2. The Morgan fingerprint density at radius 2 is 1.44 bits per heavy atom. The van der Waals surface area contributed by atoms with Crippen LogP contribution in [0.25, 0.3) is 0 Å². The third-order valence-electron chi connectivity index (χ3n) is 4.13. The summed E-state index contributed by atoms with van der Waals surface area (Å²) in [6.45, 7) is 3.09. The van der Waals surface area contributed by atoms with Crippen molar-refractivity contribution in [3.8, 4) is 11.5 Å². The Balaban J connectivity index is 1.93. The van der Waals surface area contributed by atoms with E-state index >= 15 is 0 Å². The zero-order valence-corrected chi connectivity index (χ0v) is 16.0. The largest absolute Gasteiger partial charge is 0.493 e. The van der Waals surface area contributed by atoms with Crippen molar-refractivity contribution >= 4 is 11.8 Å². The van der Waals surface area contributed by atoms with Crippen LogP contribution in [-0.4, -0.2) is 32.6 Å². The molecule has 0 radical (unpaired) electrons. The van der Waals surface area contributed by atoms with E-state index in [4.69, 9.17) is 9.47 Å². The Hall–Kier alpha value is -3.02. The number of hydrogen-bond donors (Lipinski definition) is 2. The molecule has 2 aromatic rings. The van der Waals surface area contributed by atoms with Crippen molar-refractivity contribution < 1.29 is 19.1 Å². The van der Waals surface area contributed by atoms with Gasteiger partial charge in [0.05, 0.1) is 14.2 Å². The lowest BCUT2D eigenvalue weighted by Crippen LogP contribution is -2.25. The minimum atomic E-state index is -0.206. The minimum absolute atomic E-state index is 0.124. The van der Waals surface area contributed by atoms with Gasteiger partial charge in [-0.25, -0.2) is 0 Å². The molecule has 2 N–H and O–H groups in total. The first-order chi connectivity index (χ1) is 13.1. The molecule has 0 unspecified atom stereocenters. The Labute approximate surface area is 159 Å². The van der Waals surface area contributed by atoms with Gasteiger partial charge in [0.25, 0.3) is 11.8 Å². The Bertz CT molecular complexity index is 772. The molecule has 27 heavy (non-hydrogen) atoms. The molecule has 2 rings (SSSR count). The molecule has 0 aliphatic carbocycles. The van der Waals surface area contributed by atoms with E-state index in [9.17, 15) is 9.59 Å². The Kier molecular flexibility index (Phi) is 7.67. The van der Waals surface area contributed by atoms with Crippen molar-refractivity contribution in [2.45, 2.75) is 26.3 Å². The van der Waals surface area contributed by atoms with Gasteiger partial charge in [-0.3, -0.25) is 9.59 Å². The van der Waals surface area contributed by atoms with Crippen molar-refractivity contribution in [2.75, 3.05) is 20.8 Å². The number of carbonyl (C=O) groups excluding carboxylic acids is 2. The number of nitrogens with one attached hydrogen (secondary N) is 2. The molecule has 0 bridgehead atoms. The lowest BCUT2D eigenvalue weighted by Gasteiger charge is -2.10. The molecule has 0 aliphatic rings. The molecule has 0 heterocycles. The fourth-order valence-electron chi connectivity index (χ4n) is 2.53. The van der Waals surface area contributed by atoms with Gasteiger partial charge in [-0.15, -0.1) is 0 Å². The third-order valence-corrected chi connectivity index (χ3v) is 4.13. The summed E-state index contributed by atoms with van der Waals surface area (Å²) in [5.41, 5.74) is 1.94. The highest BCUT2D eigenvalue weighted by atomic mass is 16.5. The van der Waals surface area contributed by atoms with E-state index in [0.29, 0.717) is 35.7 Å². The fourth-order valence-corrected chi connectivity index (χ4v) is 2.53. The molecular weight excluding hydrogens is 344 g/mol. The summed E-state index contributed by atoms with van der Waals surface area (Å²) in [5, 5.41) is 5.71. The molecule has 0 atom stereocenters. The highest BCUT2D eigenvalue weighted by Crippen LogP contribution is 2.27. The Morgan fingerprint density at radius 3 is 2.00 bits per heavy atom. The van der Waals surface area contributed by atoms with E-state index in [2.05, 4.69) is 17.6 Å². The fraction of sp³-hybridized carbons (Fsp3) is 0.333. The van der Waals surface area contributed by atoms with E-state index in [-0.39, 0.29) is 11.8 Å². The molecular formula is C21H26N2O4. The lowest BCUT2D eigenvalue weighted by molar-refractivity contribution is 0.0940. The maximum absolute atomic E-state index is 12.3. The van der Waals surface area contributed by atoms with Crippen LogP contribution in [-0.2, 0) is 6.54 Å². The summed E-state index contributed by atoms with van der Waals surface area (Å²) in [4.78, 5) is 24.3. The van der Waals surface area contributed by atoms with Gasteiger partial charge in [-0.2, -0.15) is 0 Å². The normalized spacial score (nSPS) is 10.2. The van der Waals surface area contributed by atoms with Gasteiger partial charge < -0.3 is 20.1 Å². The van der Waals surface area contributed by atoms with E-state index in [1.807, 2.05) is 12.1 Å². The van der Waals surface area contributed by atoms with Crippen molar-refractivity contribution in [3.63, 3.8) is 0 Å². The minimum Gasteiger partial charge on any atom is -0.493 e. The second-order valence-corrected chi connectivity index (χ2v) is 6.06. The van der Waals surface area contributed by atoms with Crippen LogP contribution in [0.3, 0.4) is 0 Å². The van der Waals surface area contributed by atoms with Crippen LogP contribution < -0.4 is 20.1 Å². The summed E-state index contributed by atoms with van der Waals surface area (Å²) in [6, 6.07) is 12.1. The van der Waals surface area contributed by atoms with Crippen LogP contribution in [0.1, 0.15) is 46.0 Å². The standard InChI is InChI=1S/C21H26N2O4/c1-4-5-12-22-20(24)16-7-9-17(10-8-16)21(25)23-14-15-6-11-18(26-2)19(13-15)27-3/h6-11,13H,4-5,12,14H2,1-3H3,(H,22,24)(H,23,25). The van der Waals surface area contributed by atoms with Crippen LogP contribution in [0.4, 0.5) is 0 Å². The van der Waals surface area contributed by atoms with Crippen LogP contribution in [0.15, 0.2) is 42.5 Å². The lowest BCUT2D eigenvalue weighted by atomic mass is 10.1. The molecule has 6 nitrogen and oxygen atoms in total. The second kappa shape index (κ2) is 10.2. The summed E-state index contributed by atoms with van der Waals surface area (Å²) in [6.07, 6.45) is 1.97. The highest BCUT2D eigenvalue weighted by molar-refractivity contribution is 5.97. The summed E-state index contributed by atoms with van der Waals surface area (Å²) >= 11 is 0. The van der Waals surface area contributed by atoms with E-state index < -0.39 is 0 Å². The van der Waals surface area contributed by atoms with Crippen LogP contribution in [0.5, 0.6) is 11.5 Å². The zero-order chi connectivity index (χ0) is 19.6. The quantitative estimate of drug-likeness (QED) is 0.665. The van der Waals surface area contributed by atoms with Crippen LogP contribution in [0, 0.1) is 0 Å². The number of unbranched alkanes of at least 4 members (excludes halogenated alkanes) is 1. The molecule has 2 amide bonds. The molecule has 0 saturated heterocycles. The number of amides is 2. The summed E-state index contributed by atoms with van der Waals surface area (Å²) in [7, 11) is 3.15. The predicted molar refractivity (Wildman–Crippen MR) is 104 cm³/mol. The molecule has 0 spiro atoms. The van der Waals surface area contributed by atoms with Gasteiger partial charge in [0, 0.05) is 24.2 Å². The predicted octanol–water partition coefficient (Wildman–Crippen LogP) is 3.16. The summed E-state index contributed by atoms with van der Waals surface area (Å²) < 4.78 is 10.5. The van der Waals surface area contributed by atoms with E-state index in [1.165, 1.54) is 0 Å². The molecule has 0 aromatic heterocycles. The van der Waals surface area contributed by atoms with Crippen LogP contribution >= 0.6 is 0 Å². The maximum Gasteiger partial charge on any atom is 0.251 e. The molecule has 0 aliphatic heterocycles. The number of hydrogen-bond acceptors (Lipinski definition) is 4. The second-order valence-electron chi connectivity index (χ2n) is 6.06.